The van der Waals surface area contributed by atoms with Gasteiger partial charge in [0.2, 0.25) is 0 Å². The van der Waals surface area contributed by atoms with E-state index in [-0.39, 0.29) is 6.10 Å². The highest BCUT2D eigenvalue weighted by molar-refractivity contribution is 5.35. The van der Waals surface area contributed by atoms with Crippen LogP contribution < -0.4 is 10.1 Å². The van der Waals surface area contributed by atoms with Gasteiger partial charge in [0.25, 0.3) is 0 Å². The minimum atomic E-state index is 0.0427. The molecule has 0 heterocycles. The summed E-state index contributed by atoms with van der Waals surface area (Å²) in [7, 11) is 3.40. The Hall–Kier alpha value is -1.06. The molecule has 0 aliphatic rings. The highest BCUT2D eigenvalue weighted by Gasteiger charge is 2.13. The van der Waals surface area contributed by atoms with Gasteiger partial charge in [0.05, 0.1) is 13.2 Å². The number of likely N-dealkylation sites (N-methyl/N-ethyl adjacent to an activating group) is 1. The maximum absolute atomic E-state index is 5.44. The molecular formula is C12H19NO2. The predicted octanol–water partition coefficient (Wildman–Crippen LogP) is 1.99. The van der Waals surface area contributed by atoms with Crippen LogP contribution in [-0.2, 0) is 4.74 Å². The van der Waals surface area contributed by atoms with Crippen molar-refractivity contribution >= 4 is 0 Å². The van der Waals surface area contributed by atoms with E-state index in [0.29, 0.717) is 0 Å². The van der Waals surface area contributed by atoms with Crippen LogP contribution in [0.1, 0.15) is 18.6 Å². The number of nitrogens with one attached hydrogen (secondary N) is 1. The van der Waals surface area contributed by atoms with Crippen molar-refractivity contribution < 1.29 is 9.47 Å². The molecule has 0 saturated heterocycles. The molecule has 0 bridgehead atoms. The predicted molar refractivity (Wildman–Crippen MR) is 61.3 cm³/mol. The third-order valence-electron chi connectivity index (χ3n) is 2.35. The second-order valence-electron chi connectivity index (χ2n) is 3.27. The van der Waals surface area contributed by atoms with E-state index in [1.165, 1.54) is 0 Å². The number of benzene rings is 1. The van der Waals surface area contributed by atoms with Crippen molar-refractivity contribution in [2.45, 2.75) is 13.0 Å². The Morgan fingerprint density at radius 2 is 2.00 bits per heavy atom. The molecule has 1 atom stereocenters. The van der Waals surface area contributed by atoms with Crippen molar-refractivity contribution in [2.75, 3.05) is 27.3 Å². The SMILES string of the molecule is CCNCC(OC)c1ccccc1OC. The Bertz CT molecular complexity index is 289. The number of para-hydroxylation sites is 1. The van der Waals surface area contributed by atoms with Crippen LogP contribution in [0.2, 0.25) is 0 Å². The molecule has 0 fully saturated rings. The van der Waals surface area contributed by atoms with Gasteiger partial charge in [0.15, 0.2) is 0 Å². The second kappa shape index (κ2) is 6.43. The lowest BCUT2D eigenvalue weighted by atomic mass is 10.1. The van der Waals surface area contributed by atoms with Gasteiger partial charge in [-0.15, -0.1) is 0 Å². The lowest BCUT2D eigenvalue weighted by molar-refractivity contribution is 0.100. The van der Waals surface area contributed by atoms with Crippen LogP contribution >= 0.6 is 0 Å². The lowest BCUT2D eigenvalue weighted by Gasteiger charge is -2.18. The van der Waals surface area contributed by atoms with Crippen molar-refractivity contribution in [3.05, 3.63) is 29.8 Å². The largest absolute Gasteiger partial charge is 0.496 e. The summed E-state index contributed by atoms with van der Waals surface area (Å²) < 4.78 is 10.7. The van der Waals surface area contributed by atoms with Crippen LogP contribution in [-0.4, -0.2) is 27.3 Å². The second-order valence-corrected chi connectivity index (χ2v) is 3.27. The van der Waals surface area contributed by atoms with E-state index in [1.54, 1.807) is 14.2 Å². The molecule has 0 radical (unpaired) electrons. The molecule has 3 nitrogen and oxygen atoms in total. The number of methoxy groups -OCH3 is 2. The van der Waals surface area contributed by atoms with Crippen molar-refractivity contribution in [3.8, 4) is 5.75 Å². The highest BCUT2D eigenvalue weighted by atomic mass is 16.5. The van der Waals surface area contributed by atoms with E-state index in [4.69, 9.17) is 9.47 Å². The van der Waals surface area contributed by atoms with Crippen LogP contribution in [0.5, 0.6) is 5.75 Å². The molecule has 84 valence electrons. The normalized spacial score (nSPS) is 12.5. The molecule has 0 aliphatic carbocycles. The lowest BCUT2D eigenvalue weighted by Crippen LogP contribution is -2.22. The Labute approximate surface area is 91.4 Å². The van der Waals surface area contributed by atoms with Crippen LogP contribution in [0.3, 0.4) is 0 Å². The van der Waals surface area contributed by atoms with E-state index in [1.807, 2.05) is 24.3 Å². The van der Waals surface area contributed by atoms with E-state index in [2.05, 4.69) is 12.2 Å². The van der Waals surface area contributed by atoms with Gasteiger partial charge in [-0.1, -0.05) is 25.1 Å². The summed E-state index contributed by atoms with van der Waals surface area (Å²) in [4.78, 5) is 0. The van der Waals surface area contributed by atoms with E-state index >= 15 is 0 Å². The number of hydrogen-bond donors (Lipinski definition) is 1. The van der Waals surface area contributed by atoms with E-state index in [9.17, 15) is 0 Å². The Kier molecular flexibility index (Phi) is 5.15. The van der Waals surface area contributed by atoms with E-state index in [0.717, 1.165) is 24.4 Å². The minimum Gasteiger partial charge on any atom is -0.496 e. The molecular weight excluding hydrogens is 190 g/mol. The summed E-state index contributed by atoms with van der Waals surface area (Å²) in [6, 6.07) is 7.94. The summed E-state index contributed by atoms with van der Waals surface area (Å²) in [5, 5.41) is 3.27. The average molecular weight is 209 g/mol. The van der Waals surface area contributed by atoms with Crippen LogP contribution in [0.4, 0.5) is 0 Å². The van der Waals surface area contributed by atoms with Crippen LogP contribution in [0.15, 0.2) is 24.3 Å². The van der Waals surface area contributed by atoms with Gasteiger partial charge in [-0.25, -0.2) is 0 Å². The van der Waals surface area contributed by atoms with Crippen LogP contribution in [0.25, 0.3) is 0 Å². The number of rotatable bonds is 6. The fraction of sp³-hybridized carbons (Fsp3) is 0.500. The monoisotopic (exact) mass is 209 g/mol. The fourth-order valence-corrected chi connectivity index (χ4v) is 1.53. The summed E-state index contributed by atoms with van der Waals surface area (Å²) in [6.07, 6.45) is 0.0427. The van der Waals surface area contributed by atoms with Gasteiger partial charge >= 0.3 is 0 Å². The minimum absolute atomic E-state index is 0.0427. The van der Waals surface area contributed by atoms with Crippen molar-refractivity contribution in [1.29, 1.82) is 0 Å². The number of hydrogen-bond acceptors (Lipinski definition) is 3. The van der Waals surface area contributed by atoms with Gasteiger partial charge in [-0.3, -0.25) is 0 Å². The third-order valence-corrected chi connectivity index (χ3v) is 2.35. The molecule has 0 aromatic heterocycles. The van der Waals surface area contributed by atoms with E-state index < -0.39 is 0 Å². The van der Waals surface area contributed by atoms with Gasteiger partial charge in [0.1, 0.15) is 5.75 Å². The Morgan fingerprint density at radius 1 is 1.27 bits per heavy atom. The molecule has 1 rings (SSSR count). The number of ether oxygens (including phenoxy) is 2. The molecule has 3 heteroatoms. The first-order valence-corrected chi connectivity index (χ1v) is 5.19. The fourth-order valence-electron chi connectivity index (χ4n) is 1.53. The smallest absolute Gasteiger partial charge is 0.124 e. The first kappa shape index (κ1) is 12.0. The maximum atomic E-state index is 5.44. The standard InChI is InChI=1S/C12H19NO2/c1-4-13-9-12(15-3)10-7-5-6-8-11(10)14-2/h5-8,12-13H,4,9H2,1-3H3. The maximum Gasteiger partial charge on any atom is 0.124 e. The summed E-state index contributed by atoms with van der Waals surface area (Å²) in [5.41, 5.74) is 1.09. The molecule has 0 spiro atoms. The third kappa shape index (κ3) is 3.22. The molecule has 0 amide bonds. The Balaban J connectivity index is 2.80. The van der Waals surface area contributed by atoms with Crippen LogP contribution in [0, 0.1) is 0 Å². The topological polar surface area (TPSA) is 30.5 Å². The highest BCUT2D eigenvalue weighted by Crippen LogP contribution is 2.26. The van der Waals surface area contributed by atoms with Gasteiger partial charge in [-0.2, -0.15) is 0 Å². The molecule has 0 saturated carbocycles. The molecule has 1 N–H and O–H groups in total. The molecule has 1 unspecified atom stereocenters. The average Bonchev–Trinajstić information content (AvgIpc) is 2.30. The Morgan fingerprint density at radius 3 is 2.60 bits per heavy atom. The summed E-state index contributed by atoms with van der Waals surface area (Å²) >= 11 is 0. The quantitative estimate of drug-likeness (QED) is 0.777. The summed E-state index contributed by atoms with van der Waals surface area (Å²) in [6.45, 7) is 3.82. The van der Waals surface area contributed by atoms with Gasteiger partial charge in [-0.05, 0) is 12.6 Å². The zero-order valence-electron chi connectivity index (χ0n) is 9.62. The molecule has 0 aliphatic heterocycles. The molecule has 15 heavy (non-hydrogen) atoms. The summed E-state index contributed by atoms with van der Waals surface area (Å²) in [5.74, 6) is 0.877. The zero-order valence-corrected chi connectivity index (χ0v) is 9.62. The van der Waals surface area contributed by atoms with Crippen molar-refractivity contribution in [1.82, 2.24) is 5.32 Å². The first-order chi connectivity index (χ1) is 7.33. The zero-order chi connectivity index (χ0) is 11.1. The van der Waals surface area contributed by atoms with Crippen molar-refractivity contribution in [3.63, 3.8) is 0 Å². The first-order valence-electron chi connectivity index (χ1n) is 5.19. The molecule has 1 aromatic rings. The van der Waals surface area contributed by atoms with Gasteiger partial charge < -0.3 is 14.8 Å². The van der Waals surface area contributed by atoms with Crippen molar-refractivity contribution in [2.24, 2.45) is 0 Å². The van der Waals surface area contributed by atoms with Gasteiger partial charge in [0, 0.05) is 19.2 Å². The molecule has 1 aromatic carbocycles.